The number of fused-ring (bicyclic) bond motifs is 1. The van der Waals surface area contributed by atoms with E-state index in [1.807, 2.05) is 0 Å². The number of nitrogens with zero attached hydrogens (tertiary/aromatic N) is 2. The van der Waals surface area contributed by atoms with Crippen LogP contribution in [0.15, 0.2) is 29.1 Å². The lowest BCUT2D eigenvalue weighted by Crippen LogP contribution is -2.44. The molecule has 2 heterocycles. The van der Waals surface area contributed by atoms with Crippen molar-refractivity contribution in [1.82, 2.24) is 9.47 Å². The maximum Gasteiger partial charge on any atom is 0.274 e. The summed E-state index contributed by atoms with van der Waals surface area (Å²) in [5, 5.41) is 10.8. The van der Waals surface area contributed by atoms with Crippen LogP contribution >= 0.6 is 12.4 Å². The Morgan fingerprint density at radius 3 is 2.06 bits per heavy atom. The molecular weight excluding hydrogens is 475 g/mol. The van der Waals surface area contributed by atoms with Gasteiger partial charge in [0.15, 0.2) is 17.2 Å². The number of hydrogen-bond donors (Lipinski definition) is 1. The molecule has 190 valence electrons. The van der Waals surface area contributed by atoms with E-state index in [1.165, 1.54) is 21.6 Å². The molecular formula is C26H32ClFN2O5. The van der Waals surface area contributed by atoms with Crippen LogP contribution in [0.1, 0.15) is 73.6 Å². The number of rotatable bonds is 5. The van der Waals surface area contributed by atoms with Crippen molar-refractivity contribution in [3.8, 4) is 5.75 Å². The van der Waals surface area contributed by atoms with Gasteiger partial charge in [-0.2, -0.15) is 0 Å². The topological polar surface area (TPSA) is 96.7 Å². The highest BCUT2D eigenvalue weighted by Gasteiger charge is 2.38. The summed E-state index contributed by atoms with van der Waals surface area (Å²) in [4.78, 5) is 54.2. The molecule has 0 aliphatic carbocycles. The molecule has 0 unspecified atom stereocenters. The second kappa shape index (κ2) is 9.93. The highest BCUT2D eigenvalue weighted by molar-refractivity contribution is 6.04. The molecule has 1 aliphatic heterocycles. The highest BCUT2D eigenvalue weighted by atomic mass is 35.5. The first-order valence-corrected chi connectivity index (χ1v) is 11.2. The van der Waals surface area contributed by atoms with Crippen molar-refractivity contribution in [1.29, 1.82) is 0 Å². The van der Waals surface area contributed by atoms with Gasteiger partial charge in [0.2, 0.25) is 5.43 Å². The van der Waals surface area contributed by atoms with Crippen molar-refractivity contribution in [2.75, 3.05) is 6.54 Å². The second-order valence-corrected chi connectivity index (χ2v) is 10.8. The predicted octanol–water partition coefficient (Wildman–Crippen LogP) is 4.16. The van der Waals surface area contributed by atoms with Crippen LogP contribution < -0.4 is 5.43 Å². The van der Waals surface area contributed by atoms with E-state index in [2.05, 4.69) is 0 Å². The van der Waals surface area contributed by atoms with Gasteiger partial charge in [-0.15, -0.1) is 12.4 Å². The van der Waals surface area contributed by atoms with E-state index in [9.17, 15) is 28.7 Å². The Hall–Kier alpha value is -3.00. The van der Waals surface area contributed by atoms with Gasteiger partial charge in [-0.05, 0) is 17.7 Å². The molecule has 1 aromatic heterocycles. The smallest absolute Gasteiger partial charge is 0.274 e. The number of carbonyl (C=O) groups excluding carboxylic acids is 3. The van der Waals surface area contributed by atoms with Gasteiger partial charge in [0.05, 0.1) is 5.56 Å². The SMILES string of the molecule is CC(C)(C)C(=O)Cc1c(C(=O)C(C)(C)C)c(=O)c(O)c2n1CCN(Cc1ccc(F)cc1)C2=O.Cl. The summed E-state index contributed by atoms with van der Waals surface area (Å²) in [5.74, 6) is -2.48. The van der Waals surface area contributed by atoms with Crippen molar-refractivity contribution < 1.29 is 23.9 Å². The van der Waals surface area contributed by atoms with Gasteiger partial charge < -0.3 is 14.6 Å². The molecule has 2 aromatic rings. The summed E-state index contributed by atoms with van der Waals surface area (Å²) in [5.41, 5.74) is -2.25. The lowest BCUT2D eigenvalue weighted by molar-refractivity contribution is -0.125. The molecule has 0 saturated carbocycles. The van der Waals surface area contributed by atoms with E-state index >= 15 is 0 Å². The molecule has 3 rings (SSSR count). The van der Waals surface area contributed by atoms with Crippen molar-refractivity contribution >= 4 is 29.9 Å². The van der Waals surface area contributed by atoms with Gasteiger partial charge >= 0.3 is 0 Å². The molecule has 7 nitrogen and oxygen atoms in total. The molecule has 0 atom stereocenters. The third-order valence-electron chi connectivity index (χ3n) is 5.99. The van der Waals surface area contributed by atoms with Crippen LogP contribution in [0.2, 0.25) is 0 Å². The van der Waals surface area contributed by atoms with Crippen LogP contribution in [0.25, 0.3) is 0 Å². The lowest BCUT2D eigenvalue weighted by atomic mass is 9.82. The summed E-state index contributed by atoms with van der Waals surface area (Å²) in [6.45, 7) is 10.8. The average Bonchev–Trinajstić information content (AvgIpc) is 2.73. The van der Waals surface area contributed by atoms with Crippen LogP contribution in [-0.2, 0) is 24.3 Å². The Kier molecular flexibility index (Phi) is 8.01. The van der Waals surface area contributed by atoms with Crippen LogP contribution in [-0.4, -0.2) is 38.6 Å². The molecule has 9 heteroatoms. The molecule has 0 radical (unpaired) electrons. The maximum absolute atomic E-state index is 13.3. The molecule has 1 N–H and O–H groups in total. The minimum absolute atomic E-state index is 0. The number of benzene rings is 1. The summed E-state index contributed by atoms with van der Waals surface area (Å²) < 4.78 is 14.7. The van der Waals surface area contributed by atoms with E-state index in [0.29, 0.717) is 5.56 Å². The molecule has 0 saturated heterocycles. The number of halogens is 2. The van der Waals surface area contributed by atoms with Gasteiger partial charge in [-0.3, -0.25) is 19.2 Å². The highest BCUT2D eigenvalue weighted by Crippen LogP contribution is 2.30. The molecule has 1 amide bonds. The van der Waals surface area contributed by atoms with Gasteiger partial charge in [0.1, 0.15) is 11.6 Å². The normalized spacial score (nSPS) is 13.8. The average molecular weight is 507 g/mol. The Morgan fingerprint density at radius 1 is 0.971 bits per heavy atom. The zero-order valence-corrected chi connectivity index (χ0v) is 21.7. The Morgan fingerprint density at radius 2 is 1.54 bits per heavy atom. The van der Waals surface area contributed by atoms with Crippen LogP contribution in [0, 0.1) is 16.6 Å². The molecule has 0 spiro atoms. The van der Waals surface area contributed by atoms with E-state index in [0.717, 1.165) is 0 Å². The molecule has 35 heavy (non-hydrogen) atoms. The van der Waals surface area contributed by atoms with Gasteiger partial charge in [0.25, 0.3) is 5.91 Å². The van der Waals surface area contributed by atoms with Crippen molar-refractivity contribution in [3.63, 3.8) is 0 Å². The minimum atomic E-state index is -0.945. The molecule has 0 bridgehead atoms. The number of hydrogen-bond acceptors (Lipinski definition) is 5. The summed E-state index contributed by atoms with van der Waals surface area (Å²) >= 11 is 0. The zero-order valence-electron chi connectivity index (χ0n) is 20.9. The first-order chi connectivity index (χ1) is 15.6. The van der Waals surface area contributed by atoms with E-state index in [-0.39, 0.29) is 61.2 Å². The van der Waals surface area contributed by atoms with Crippen LogP contribution in [0.4, 0.5) is 4.39 Å². The van der Waals surface area contributed by atoms with Crippen LogP contribution in [0.3, 0.4) is 0 Å². The fraction of sp³-hybridized carbons (Fsp3) is 0.462. The predicted molar refractivity (Wildman–Crippen MR) is 133 cm³/mol. The van der Waals surface area contributed by atoms with E-state index < -0.39 is 39.5 Å². The quantitative estimate of drug-likeness (QED) is 0.614. The van der Waals surface area contributed by atoms with Gasteiger partial charge in [0, 0.05) is 42.6 Å². The maximum atomic E-state index is 13.3. The summed E-state index contributed by atoms with van der Waals surface area (Å²) in [6, 6.07) is 5.70. The first-order valence-electron chi connectivity index (χ1n) is 11.2. The molecule has 0 fully saturated rings. The number of aromatic hydroxyl groups is 1. The monoisotopic (exact) mass is 506 g/mol. The largest absolute Gasteiger partial charge is 0.503 e. The fourth-order valence-electron chi connectivity index (χ4n) is 3.86. The zero-order chi connectivity index (χ0) is 25.6. The number of amides is 1. The van der Waals surface area contributed by atoms with Crippen molar-refractivity contribution in [3.05, 3.63) is 62.8 Å². The number of ketones is 2. The van der Waals surface area contributed by atoms with Gasteiger partial charge in [-0.1, -0.05) is 53.7 Å². The number of Topliss-reactive ketones (excluding diaryl/α,β-unsaturated/α-hetero) is 2. The standard InChI is InChI=1S/C26H31FN2O5.ClH/c1-25(2,3)18(30)13-17-19(23(33)26(4,5)6)21(31)22(32)20-24(34)28(11-12-29(17)20)14-15-7-9-16(27)10-8-15;/h7-10,32H,11-14H2,1-6H3;1H. The first kappa shape index (κ1) is 28.2. The summed E-state index contributed by atoms with van der Waals surface area (Å²) in [7, 11) is 0. The summed E-state index contributed by atoms with van der Waals surface area (Å²) in [6.07, 6.45) is -0.214. The lowest BCUT2D eigenvalue weighted by Gasteiger charge is -2.33. The molecule has 1 aliphatic rings. The fourth-order valence-corrected chi connectivity index (χ4v) is 3.86. The van der Waals surface area contributed by atoms with E-state index in [4.69, 9.17) is 0 Å². The third kappa shape index (κ3) is 5.64. The minimum Gasteiger partial charge on any atom is -0.503 e. The van der Waals surface area contributed by atoms with E-state index in [1.54, 1.807) is 53.7 Å². The van der Waals surface area contributed by atoms with Crippen LogP contribution in [0.5, 0.6) is 5.75 Å². The Balaban J connectivity index is 0.00000432. The third-order valence-corrected chi connectivity index (χ3v) is 5.99. The number of pyridine rings is 1. The second-order valence-electron chi connectivity index (χ2n) is 10.8. The number of aromatic nitrogens is 1. The molecule has 1 aromatic carbocycles. The Bertz CT molecular complexity index is 1220. The number of carbonyl (C=O) groups is 3. The van der Waals surface area contributed by atoms with Gasteiger partial charge in [-0.25, -0.2) is 4.39 Å². The Labute approximate surface area is 210 Å². The van der Waals surface area contributed by atoms with Crippen molar-refractivity contribution in [2.45, 2.75) is 61.1 Å². The van der Waals surface area contributed by atoms with Crippen molar-refractivity contribution in [2.24, 2.45) is 10.8 Å².